The van der Waals surface area contributed by atoms with Gasteiger partial charge in [-0.05, 0) is 53.8 Å². The minimum Gasteiger partial charge on any atom is -0.394 e. The Labute approximate surface area is 130 Å². The molecule has 0 radical (unpaired) electrons. The zero-order chi connectivity index (χ0) is 16.6. The number of rotatable bonds is 4. The van der Waals surface area contributed by atoms with Crippen LogP contribution in [-0.2, 0) is 6.42 Å². The van der Waals surface area contributed by atoms with Crippen molar-refractivity contribution in [2.75, 3.05) is 6.61 Å². The Morgan fingerprint density at radius 2 is 1.78 bits per heavy atom. The maximum Gasteiger partial charge on any atom is 0.194 e. The average molecular weight is 325 g/mol. The second-order valence-corrected chi connectivity index (χ2v) is 5.63. The molecule has 0 saturated heterocycles. The van der Waals surface area contributed by atoms with Crippen LogP contribution in [0.3, 0.4) is 0 Å². The van der Waals surface area contributed by atoms with E-state index in [2.05, 4.69) is 5.32 Å². The Kier molecular flexibility index (Phi) is 4.37. The van der Waals surface area contributed by atoms with Crippen molar-refractivity contribution in [1.29, 1.82) is 0 Å². The maximum atomic E-state index is 13.4. The zero-order valence-electron chi connectivity index (χ0n) is 12.1. The third kappa shape index (κ3) is 3.09. The van der Waals surface area contributed by atoms with E-state index in [1.165, 1.54) is 12.1 Å². The smallest absolute Gasteiger partial charge is 0.194 e. The number of hydrogen-bond acceptors (Lipinski definition) is 2. The minimum atomic E-state index is -1.54. The van der Waals surface area contributed by atoms with Gasteiger partial charge in [0.2, 0.25) is 0 Å². The minimum absolute atomic E-state index is 0.105. The molecule has 0 aromatic heterocycles. The van der Waals surface area contributed by atoms with Crippen LogP contribution < -0.4 is 5.32 Å². The van der Waals surface area contributed by atoms with Gasteiger partial charge in [0, 0.05) is 6.04 Å². The van der Waals surface area contributed by atoms with E-state index in [9.17, 15) is 22.7 Å². The fourth-order valence-electron chi connectivity index (χ4n) is 3.02. The number of aryl methyl sites for hydroxylation is 1. The van der Waals surface area contributed by atoms with Crippen molar-refractivity contribution in [3.05, 3.63) is 70.3 Å². The van der Waals surface area contributed by atoms with Crippen LogP contribution in [0, 0.1) is 23.3 Å². The molecule has 2 atom stereocenters. The van der Waals surface area contributed by atoms with Gasteiger partial charge >= 0.3 is 0 Å². The van der Waals surface area contributed by atoms with E-state index in [4.69, 9.17) is 0 Å². The number of aliphatic hydroxyl groups is 1. The van der Waals surface area contributed by atoms with Crippen molar-refractivity contribution in [2.24, 2.45) is 0 Å². The van der Waals surface area contributed by atoms with Crippen molar-refractivity contribution >= 4 is 0 Å². The number of hydrogen-bond donors (Lipinski definition) is 2. The SMILES string of the molecule is OCC(NC1CCc2ccc(F)cc21)c1cc(F)c(F)c(F)c1. The van der Waals surface area contributed by atoms with E-state index in [0.717, 1.165) is 29.7 Å². The van der Waals surface area contributed by atoms with Crippen LogP contribution in [0.15, 0.2) is 30.3 Å². The van der Waals surface area contributed by atoms with Crippen LogP contribution in [0.4, 0.5) is 17.6 Å². The van der Waals surface area contributed by atoms with Crippen LogP contribution >= 0.6 is 0 Å². The molecule has 0 heterocycles. The highest BCUT2D eigenvalue weighted by atomic mass is 19.2. The molecule has 0 amide bonds. The molecule has 2 N–H and O–H groups in total. The van der Waals surface area contributed by atoms with Gasteiger partial charge in [-0.25, -0.2) is 17.6 Å². The van der Waals surface area contributed by atoms with Gasteiger partial charge in [0.1, 0.15) is 5.82 Å². The highest BCUT2D eigenvalue weighted by Crippen LogP contribution is 2.33. The van der Waals surface area contributed by atoms with Crippen molar-refractivity contribution in [3.8, 4) is 0 Å². The molecule has 0 bridgehead atoms. The van der Waals surface area contributed by atoms with E-state index < -0.39 is 30.1 Å². The fourth-order valence-corrected chi connectivity index (χ4v) is 3.02. The molecule has 2 nitrogen and oxygen atoms in total. The summed E-state index contributed by atoms with van der Waals surface area (Å²) >= 11 is 0. The summed E-state index contributed by atoms with van der Waals surface area (Å²) in [6.07, 6.45) is 1.43. The third-order valence-corrected chi connectivity index (χ3v) is 4.18. The first-order valence-electron chi connectivity index (χ1n) is 7.29. The molecule has 0 spiro atoms. The van der Waals surface area contributed by atoms with Crippen molar-refractivity contribution in [1.82, 2.24) is 5.32 Å². The molecule has 2 unspecified atom stereocenters. The van der Waals surface area contributed by atoms with Crippen LogP contribution in [-0.4, -0.2) is 11.7 Å². The van der Waals surface area contributed by atoms with Gasteiger partial charge in [0.05, 0.1) is 12.6 Å². The predicted molar refractivity (Wildman–Crippen MR) is 76.7 cm³/mol. The molecule has 0 fully saturated rings. The molecule has 0 aliphatic heterocycles. The molecule has 2 aromatic rings. The van der Waals surface area contributed by atoms with E-state index in [1.54, 1.807) is 6.07 Å². The molecule has 6 heteroatoms. The normalized spacial score (nSPS) is 18.0. The highest BCUT2D eigenvalue weighted by Gasteiger charge is 2.26. The summed E-state index contributed by atoms with van der Waals surface area (Å²) < 4.78 is 53.2. The van der Waals surface area contributed by atoms with E-state index in [0.29, 0.717) is 6.42 Å². The molecule has 3 rings (SSSR count). The maximum absolute atomic E-state index is 13.4. The van der Waals surface area contributed by atoms with Gasteiger partial charge in [-0.15, -0.1) is 0 Å². The van der Waals surface area contributed by atoms with Crippen LogP contribution in [0.5, 0.6) is 0 Å². The van der Waals surface area contributed by atoms with Gasteiger partial charge in [-0.3, -0.25) is 0 Å². The number of aliphatic hydroxyl groups excluding tert-OH is 1. The lowest BCUT2D eigenvalue weighted by atomic mass is 10.0. The largest absolute Gasteiger partial charge is 0.394 e. The molecule has 23 heavy (non-hydrogen) atoms. The Balaban J connectivity index is 1.86. The zero-order valence-corrected chi connectivity index (χ0v) is 12.1. The van der Waals surface area contributed by atoms with Crippen LogP contribution in [0.2, 0.25) is 0 Å². The quantitative estimate of drug-likeness (QED) is 0.665. The summed E-state index contributed by atoms with van der Waals surface area (Å²) in [5.41, 5.74) is 1.87. The van der Waals surface area contributed by atoms with Gasteiger partial charge < -0.3 is 10.4 Å². The Morgan fingerprint density at radius 3 is 2.43 bits per heavy atom. The number of benzene rings is 2. The van der Waals surface area contributed by atoms with Gasteiger partial charge in [0.15, 0.2) is 17.5 Å². The molecule has 1 aliphatic carbocycles. The number of halogens is 4. The lowest BCUT2D eigenvalue weighted by Crippen LogP contribution is -2.28. The van der Waals surface area contributed by atoms with E-state index >= 15 is 0 Å². The first-order chi connectivity index (χ1) is 11.0. The van der Waals surface area contributed by atoms with Gasteiger partial charge in [-0.2, -0.15) is 0 Å². The van der Waals surface area contributed by atoms with Gasteiger partial charge in [-0.1, -0.05) is 6.07 Å². The number of nitrogens with one attached hydrogen (secondary N) is 1. The lowest BCUT2D eigenvalue weighted by Gasteiger charge is -2.23. The summed E-state index contributed by atoms with van der Waals surface area (Å²) in [7, 11) is 0. The second kappa shape index (κ2) is 6.29. The molecular formula is C17H15F4NO. The first kappa shape index (κ1) is 16.0. The third-order valence-electron chi connectivity index (χ3n) is 4.18. The predicted octanol–water partition coefficient (Wildman–Crippen LogP) is 3.55. The standard InChI is InChI=1S/C17H15F4NO/c18-11-3-1-9-2-4-15(12(9)7-11)22-16(8-23)10-5-13(19)17(21)14(20)6-10/h1,3,5-7,15-16,22-23H,2,4,8H2. The molecular weight excluding hydrogens is 310 g/mol. The Hall–Kier alpha value is -1.92. The molecule has 122 valence electrons. The summed E-state index contributed by atoms with van der Waals surface area (Å²) in [6.45, 7) is -0.425. The number of fused-ring (bicyclic) bond motifs is 1. The average Bonchev–Trinajstić information content (AvgIpc) is 2.91. The topological polar surface area (TPSA) is 32.3 Å². The first-order valence-corrected chi connectivity index (χ1v) is 7.29. The highest BCUT2D eigenvalue weighted by molar-refractivity contribution is 5.35. The van der Waals surface area contributed by atoms with Crippen LogP contribution in [0.1, 0.15) is 35.2 Å². The van der Waals surface area contributed by atoms with Crippen molar-refractivity contribution in [2.45, 2.75) is 24.9 Å². The molecule has 1 aliphatic rings. The van der Waals surface area contributed by atoms with Crippen molar-refractivity contribution in [3.63, 3.8) is 0 Å². The van der Waals surface area contributed by atoms with Crippen LogP contribution in [0.25, 0.3) is 0 Å². The van der Waals surface area contributed by atoms with E-state index in [-0.39, 0.29) is 17.4 Å². The Morgan fingerprint density at radius 1 is 1.09 bits per heavy atom. The second-order valence-electron chi connectivity index (χ2n) is 5.63. The summed E-state index contributed by atoms with van der Waals surface area (Å²) in [6, 6.07) is 5.20. The molecule has 0 saturated carbocycles. The summed E-state index contributed by atoms with van der Waals surface area (Å²) in [5, 5.41) is 12.6. The monoisotopic (exact) mass is 325 g/mol. The summed E-state index contributed by atoms with van der Waals surface area (Å²) in [5.74, 6) is -4.52. The van der Waals surface area contributed by atoms with E-state index in [1.807, 2.05) is 0 Å². The Bertz CT molecular complexity index is 712. The van der Waals surface area contributed by atoms with Gasteiger partial charge in [0.25, 0.3) is 0 Å². The lowest BCUT2D eigenvalue weighted by molar-refractivity contribution is 0.232. The summed E-state index contributed by atoms with van der Waals surface area (Å²) in [4.78, 5) is 0. The molecule has 2 aromatic carbocycles. The van der Waals surface area contributed by atoms with Crippen molar-refractivity contribution < 1.29 is 22.7 Å². The fraction of sp³-hybridized carbons (Fsp3) is 0.294.